The van der Waals surface area contributed by atoms with Crippen LogP contribution in [0.1, 0.15) is 47.7 Å². The molecule has 2 aliphatic rings. The third-order valence-electron chi connectivity index (χ3n) is 6.48. The average Bonchev–Trinajstić information content (AvgIpc) is 2.88. The van der Waals surface area contributed by atoms with E-state index in [1.807, 2.05) is 6.07 Å². The summed E-state index contributed by atoms with van der Waals surface area (Å²) >= 11 is 12.3. The summed E-state index contributed by atoms with van der Waals surface area (Å²) in [4.78, 5) is 42.6. The summed E-state index contributed by atoms with van der Waals surface area (Å²) in [7, 11) is 0. The minimum atomic E-state index is -0.503. The molecular weight excluding hydrogens is 503 g/mol. The summed E-state index contributed by atoms with van der Waals surface area (Å²) in [6.45, 7) is 6.07. The van der Waals surface area contributed by atoms with Gasteiger partial charge in [-0.15, -0.1) is 0 Å². The molecule has 1 atom stereocenters. The molecule has 2 heterocycles. The largest absolute Gasteiger partial charge is 0.463 e. The summed E-state index contributed by atoms with van der Waals surface area (Å²) in [5.41, 5.74) is 3.00. The number of amides is 2. The molecule has 0 aliphatic carbocycles. The van der Waals surface area contributed by atoms with Crippen molar-refractivity contribution in [3.63, 3.8) is 0 Å². The third-order valence-corrected chi connectivity index (χ3v) is 7.22. The second kappa shape index (κ2) is 11.5. The Balaban J connectivity index is 1.65. The number of ether oxygens (including phenoxy) is 2. The third kappa shape index (κ3) is 5.59. The van der Waals surface area contributed by atoms with Gasteiger partial charge in [-0.25, -0.2) is 4.79 Å². The number of benzene rings is 2. The molecule has 0 aromatic heterocycles. The number of morpholine rings is 1. The molecule has 0 N–H and O–H groups in total. The Labute approximate surface area is 220 Å². The quantitative estimate of drug-likeness (QED) is 0.500. The van der Waals surface area contributed by atoms with E-state index in [4.69, 9.17) is 32.7 Å². The van der Waals surface area contributed by atoms with Crippen LogP contribution >= 0.6 is 23.2 Å². The van der Waals surface area contributed by atoms with Crippen LogP contribution in [0.25, 0.3) is 0 Å². The van der Waals surface area contributed by atoms with Gasteiger partial charge in [-0.05, 0) is 49.2 Å². The maximum atomic E-state index is 13.3. The highest BCUT2D eigenvalue weighted by Gasteiger charge is 2.37. The number of carbonyl (C=O) groups is 3. The highest BCUT2D eigenvalue weighted by molar-refractivity contribution is 6.42. The van der Waals surface area contributed by atoms with Gasteiger partial charge in [0.2, 0.25) is 5.91 Å². The summed E-state index contributed by atoms with van der Waals surface area (Å²) in [6, 6.07) is 12.4. The Morgan fingerprint density at radius 1 is 1.08 bits per heavy atom. The van der Waals surface area contributed by atoms with Crippen LogP contribution in [0.15, 0.2) is 53.7 Å². The van der Waals surface area contributed by atoms with Crippen molar-refractivity contribution in [2.24, 2.45) is 0 Å². The van der Waals surface area contributed by atoms with Crippen LogP contribution in [0.3, 0.4) is 0 Å². The highest BCUT2D eigenvalue weighted by Crippen LogP contribution is 2.39. The highest BCUT2D eigenvalue weighted by atomic mass is 35.5. The SMILES string of the molecule is CCOC(=O)C1=C(C)N(Cc2cccc(C(=O)N3CCOCC3)c2)C(=O)CC1c1ccc(Cl)c(Cl)c1. The smallest absolute Gasteiger partial charge is 0.336 e. The molecule has 7 nitrogen and oxygen atoms in total. The molecule has 0 spiro atoms. The molecular formula is C27H28Cl2N2O5. The molecule has 0 saturated carbocycles. The number of hydrogen-bond acceptors (Lipinski definition) is 5. The van der Waals surface area contributed by atoms with E-state index in [-0.39, 0.29) is 31.4 Å². The first-order valence-electron chi connectivity index (χ1n) is 11.9. The number of halogens is 2. The van der Waals surface area contributed by atoms with Crippen LogP contribution < -0.4 is 0 Å². The maximum Gasteiger partial charge on any atom is 0.336 e. The van der Waals surface area contributed by atoms with Crippen molar-refractivity contribution >= 4 is 41.0 Å². The summed E-state index contributed by atoms with van der Waals surface area (Å²) < 4.78 is 10.7. The molecule has 0 radical (unpaired) electrons. The van der Waals surface area contributed by atoms with Crippen molar-refractivity contribution in [1.82, 2.24) is 9.80 Å². The van der Waals surface area contributed by atoms with Crippen molar-refractivity contribution in [2.75, 3.05) is 32.9 Å². The van der Waals surface area contributed by atoms with Gasteiger partial charge in [0.15, 0.2) is 0 Å². The summed E-state index contributed by atoms with van der Waals surface area (Å²) in [6.07, 6.45) is 0.0792. The summed E-state index contributed by atoms with van der Waals surface area (Å²) in [5, 5.41) is 0.751. The van der Waals surface area contributed by atoms with Crippen molar-refractivity contribution < 1.29 is 23.9 Å². The number of carbonyl (C=O) groups excluding carboxylic acids is 3. The monoisotopic (exact) mass is 530 g/mol. The Morgan fingerprint density at radius 2 is 1.83 bits per heavy atom. The first-order chi connectivity index (χ1) is 17.3. The normalized spacial score (nSPS) is 18.4. The van der Waals surface area contributed by atoms with Gasteiger partial charge in [0.05, 0.1) is 42.0 Å². The lowest BCUT2D eigenvalue weighted by Crippen LogP contribution is -2.40. The fourth-order valence-corrected chi connectivity index (χ4v) is 4.93. The van der Waals surface area contributed by atoms with Gasteiger partial charge < -0.3 is 19.3 Å². The van der Waals surface area contributed by atoms with Gasteiger partial charge in [-0.3, -0.25) is 9.59 Å². The van der Waals surface area contributed by atoms with Gasteiger partial charge in [0.25, 0.3) is 5.91 Å². The van der Waals surface area contributed by atoms with Crippen LogP contribution in [-0.4, -0.2) is 60.5 Å². The van der Waals surface area contributed by atoms with E-state index < -0.39 is 11.9 Å². The molecule has 0 bridgehead atoms. The van der Waals surface area contributed by atoms with Crippen LogP contribution in [0.5, 0.6) is 0 Å². The lowest BCUT2D eigenvalue weighted by atomic mass is 9.83. The Bertz CT molecular complexity index is 1210. The van der Waals surface area contributed by atoms with E-state index >= 15 is 0 Å². The lowest BCUT2D eigenvalue weighted by Gasteiger charge is -2.34. The van der Waals surface area contributed by atoms with Crippen molar-refractivity contribution in [2.45, 2.75) is 32.7 Å². The van der Waals surface area contributed by atoms with E-state index in [0.717, 1.165) is 11.1 Å². The fourth-order valence-electron chi connectivity index (χ4n) is 4.62. The number of esters is 1. The molecule has 2 aromatic carbocycles. The first kappa shape index (κ1) is 26.2. The zero-order valence-electron chi connectivity index (χ0n) is 20.3. The van der Waals surface area contributed by atoms with Gasteiger partial charge in [0.1, 0.15) is 0 Å². The number of nitrogens with zero attached hydrogens (tertiary/aromatic N) is 2. The molecule has 2 aromatic rings. The first-order valence-corrected chi connectivity index (χ1v) is 12.6. The predicted octanol–water partition coefficient (Wildman–Crippen LogP) is 4.82. The Morgan fingerprint density at radius 3 is 2.53 bits per heavy atom. The maximum absolute atomic E-state index is 13.3. The topological polar surface area (TPSA) is 76.2 Å². The van der Waals surface area contributed by atoms with Gasteiger partial charge in [0, 0.05) is 36.7 Å². The number of allylic oxidation sites excluding steroid dienone is 1. The number of rotatable bonds is 6. The molecule has 1 fully saturated rings. The molecule has 9 heteroatoms. The van der Waals surface area contributed by atoms with Gasteiger partial charge in [-0.2, -0.15) is 0 Å². The molecule has 190 valence electrons. The lowest BCUT2D eigenvalue weighted by molar-refractivity contribution is -0.140. The second-order valence-corrected chi connectivity index (χ2v) is 9.55. The molecule has 1 unspecified atom stereocenters. The zero-order valence-corrected chi connectivity index (χ0v) is 21.8. The van der Waals surface area contributed by atoms with E-state index in [1.165, 1.54) is 0 Å². The average molecular weight is 531 g/mol. The molecule has 2 aliphatic heterocycles. The molecule has 4 rings (SSSR count). The minimum absolute atomic E-state index is 0.0655. The predicted molar refractivity (Wildman–Crippen MR) is 137 cm³/mol. The van der Waals surface area contributed by atoms with E-state index in [1.54, 1.807) is 60.0 Å². The Kier molecular flexibility index (Phi) is 8.34. The van der Waals surface area contributed by atoms with Crippen molar-refractivity contribution in [3.05, 3.63) is 80.5 Å². The van der Waals surface area contributed by atoms with Crippen molar-refractivity contribution in [3.8, 4) is 0 Å². The summed E-state index contributed by atoms with van der Waals surface area (Å²) in [5.74, 6) is -1.18. The molecule has 1 saturated heterocycles. The number of hydrogen-bond donors (Lipinski definition) is 0. The standard InChI is InChI=1S/C27H28Cl2N2O5/c1-3-36-27(34)25-17(2)31(24(32)15-21(25)19-7-8-22(28)23(29)14-19)16-18-5-4-6-20(13-18)26(33)30-9-11-35-12-10-30/h4-8,13-14,21H,3,9-12,15-16H2,1-2H3. The van der Waals surface area contributed by atoms with Crippen LogP contribution in [-0.2, 0) is 25.6 Å². The Hall–Kier alpha value is -2.87. The van der Waals surface area contributed by atoms with Crippen LogP contribution in [0.4, 0.5) is 0 Å². The van der Waals surface area contributed by atoms with Crippen LogP contribution in [0.2, 0.25) is 10.0 Å². The zero-order chi connectivity index (χ0) is 25.8. The van der Waals surface area contributed by atoms with Crippen LogP contribution in [0, 0.1) is 0 Å². The second-order valence-electron chi connectivity index (χ2n) is 8.73. The van der Waals surface area contributed by atoms with E-state index in [0.29, 0.717) is 53.2 Å². The van der Waals surface area contributed by atoms with E-state index in [2.05, 4.69) is 0 Å². The minimum Gasteiger partial charge on any atom is -0.463 e. The van der Waals surface area contributed by atoms with Crippen molar-refractivity contribution in [1.29, 1.82) is 0 Å². The molecule has 36 heavy (non-hydrogen) atoms. The molecule has 2 amide bonds. The van der Waals surface area contributed by atoms with Gasteiger partial charge >= 0.3 is 5.97 Å². The fraction of sp³-hybridized carbons (Fsp3) is 0.370. The van der Waals surface area contributed by atoms with Gasteiger partial charge in [-0.1, -0.05) is 41.4 Å². The van der Waals surface area contributed by atoms with E-state index in [9.17, 15) is 14.4 Å².